The number of hydrogen-bond acceptors (Lipinski definition) is 4. The van der Waals surface area contributed by atoms with E-state index >= 15 is 0 Å². The maximum absolute atomic E-state index is 12.3. The Hall–Kier alpha value is -1.82. The number of unbranched alkanes of at least 4 members (excludes halogenated alkanes) is 1. The van der Waals surface area contributed by atoms with E-state index in [9.17, 15) is 9.59 Å². The lowest BCUT2D eigenvalue weighted by Gasteiger charge is -2.10. The van der Waals surface area contributed by atoms with Crippen molar-refractivity contribution in [3.8, 4) is 0 Å². The molecule has 1 N–H and O–H groups in total. The number of nitrogens with zero attached hydrogens (tertiary/aromatic N) is 2. The zero-order valence-corrected chi connectivity index (χ0v) is 13.0. The van der Waals surface area contributed by atoms with Crippen LogP contribution in [0.5, 0.6) is 0 Å². The third-order valence-electron chi connectivity index (χ3n) is 3.17. The molecule has 1 aromatic heterocycles. The second-order valence-corrected chi connectivity index (χ2v) is 6.11. The average Bonchev–Trinajstić information content (AvgIpc) is 2.85. The van der Waals surface area contributed by atoms with Crippen molar-refractivity contribution in [2.24, 2.45) is 0 Å². The molecule has 0 saturated heterocycles. The number of hydrogen-bond donors (Lipinski definition) is 1. The molecular weight excluding hydrogens is 286 g/mol. The van der Waals surface area contributed by atoms with E-state index in [4.69, 9.17) is 0 Å². The fourth-order valence-electron chi connectivity index (χ4n) is 1.96. The lowest BCUT2D eigenvalue weighted by atomic mass is 10.1. The SMILES string of the molecule is CCCCn1c(SC(C)C(=O)c2ccccc2)n[nH]c1=O. The Bertz CT molecular complexity index is 648. The average molecular weight is 305 g/mol. The number of aromatic nitrogens is 3. The summed E-state index contributed by atoms with van der Waals surface area (Å²) in [7, 11) is 0. The lowest BCUT2D eigenvalue weighted by molar-refractivity contribution is 0.0994. The van der Waals surface area contributed by atoms with E-state index in [0.29, 0.717) is 17.3 Å². The zero-order valence-electron chi connectivity index (χ0n) is 12.2. The fraction of sp³-hybridized carbons (Fsp3) is 0.400. The summed E-state index contributed by atoms with van der Waals surface area (Å²) in [5.41, 5.74) is 0.459. The van der Waals surface area contributed by atoms with Crippen molar-refractivity contribution in [3.05, 3.63) is 46.4 Å². The van der Waals surface area contributed by atoms with Crippen LogP contribution in [0, 0.1) is 0 Å². The number of H-pyrrole nitrogens is 1. The summed E-state index contributed by atoms with van der Waals surface area (Å²) in [5.74, 6) is 0.0399. The van der Waals surface area contributed by atoms with E-state index in [1.54, 1.807) is 16.7 Å². The van der Waals surface area contributed by atoms with Gasteiger partial charge in [-0.1, -0.05) is 55.4 Å². The molecule has 112 valence electrons. The van der Waals surface area contributed by atoms with Crippen molar-refractivity contribution in [1.29, 1.82) is 0 Å². The van der Waals surface area contributed by atoms with Crippen LogP contribution in [0.4, 0.5) is 0 Å². The van der Waals surface area contributed by atoms with E-state index in [2.05, 4.69) is 17.1 Å². The summed E-state index contributed by atoms with van der Waals surface area (Å²) in [4.78, 5) is 24.0. The van der Waals surface area contributed by atoms with Gasteiger partial charge in [-0.3, -0.25) is 9.36 Å². The molecule has 0 amide bonds. The third kappa shape index (κ3) is 3.85. The maximum Gasteiger partial charge on any atom is 0.343 e. The van der Waals surface area contributed by atoms with Crippen molar-refractivity contribution < 1.29 is 4.79 Å². The number of aromatic amines is 1. The highest BCUT2D eigenvalue weighted by molar-refractivity contribution is 8.00. The monoisotopic (exact) mass is 305 g/mol. The minimum atomic E-state index is -0.289. The predicted octanol–water partition coefficient (Wildman–Crippen LogP) is 2.74. The topological polar surface area (TPSA) is 67.8 Å². The molecule has 21 heavy (non-hydrogen) atoms. The number of carbonyl (C=O) groups excluding carboxylic acids is 1. The van der Waals surface area contributed by atoms with Gasteiger partial charge in [0.05, 0.1) is 5.25 Å². The van der Waals surface area contributed by atoms with E-state index in [1.165, 1.54) is 11.8 Å². The van der Waals surface area contributed by atoms with Crippen LogP contribution in [-0.4, -0.2) is 25.8 Å². The number of benzene rings is 1. The zero-order chi connectivity index (χ0) is 15.2. The van der Waals surface area contributed by atoms with Gasteiger partial charge in [0.25, 0.3) is 0 Å². The van der Waals surface area contributed by atoms with Crippen LogP contribution in [0.15, 0.2) is 40.3 Å². The van der Waals surface area contributed by atoms with Crippen LogP contribution in [0.25, 0.3) is 0 Å². The molecule has 1 unspecified atom stereocenters. The van der Waals surface area contributed by atoms with Gasteiger partial charge in [0, 0.05) is 12.1 Å². The molecule has 1 heterocycles. The van der Waals surface area contributed by atoms with Crippen LogP contribution in [0.3, 0.4) is 0 Å². The van der Waals surface area contributed by atoms with Gasteiger partial charge in [-0.25, -0.2) is 9.89 Å². The quantitative estimate of drug-likeness (QED) is 0.631. The number of nitrogens with one attached hydrogen (secondary N) is 1. The van der Waals surface area contributed by atoms with E-state index in [0.717, 1.165) is 12.8 Å². The first-order valence-electron chi connectivity index (χ1n) is 7.04. The highest BCUT2D eigenvalue weighted by Gasteiger charge is 2.19. The van der Waals surface area contributed by atoms with Crippen molar-refractivity contribution in [2.45, 2.75) is 43.6 Å². The number of Topliss-reactive ketones (excluding diaryl/α,β-unsaturated/α-hetero) is 1. The number of ketones is 1. The van der Waals surface area contributed by atoms with Gasteiger partial charge in [-0.05, 0) is 13.3 Å². The maximum atomic E-state index is 12.3. The van der Waals surface area contributed by atoms with Crippen LogP contribution >= 0.6 is 11.8 Å². The van der Waals surface area contributed by atoms with Gasteiger partial charge in [0.15, 0.2) is 10.9 Å². The molecule has 0 fully saturated rings. The fourth-order valence-corrected chi connectivity index (χ4v) is 2.91. The number of thioether (sulfide) groups is 1. The van der Waals surface area contributed by atoms with Gasteiger partial charge in [-0.2, -0.15) is 0 Å². The summed E-state index contributed by atoms with van der Waals surface area (Å²) in [5, 5.41) is 6.76. The predicted molar refractivity (Wildman–Crippen MR) is 83.8 cm³/mol. The molecule has 0 aliphatic carbocycles. The first-order chi connectivity index (χ1) is 10.1. The van der Waals surface area contributed by atoms with Gasteiger partial charge in [0.2, 0.25) is 0 Å². The summed E-state index contributed by atoms with van der Waals surface area (Å²) >= 11 is 1.32. The van der Waals surface area contributed by atoms with Crippen molar-refractivity contribution in [3.63, 3.8) is 0 Å². The standard InChI is InChI=1S/C15H19N3O2S/c1-3-4-10-18-14(20)16-17-15(18)21-11(2)13(19)12-8-6-5-7-9-12/h5-9,11H,3-4,10H2,1-2H3,(H,16,20). The number of carbonyl (C=O) groups is 1. The summed E-state index contributed by atoms with van der Waals surface area (Å²) < 4.78 is 1.60. The molecule has 1 atom stereocenters. The van der Waals surface area contributed by atoms with Crippen LogP contribution in [0.1, 0.15) is 37.0 Å². The highest BCUT2D eigenvalue weighted by atomic mass is 32.2. The highest BCUT2D eigenvalue weighted by Crippen LogP contribution is 2.23. The Morgan fingerprint density at radius 3 is 2.76 bits per heavy atom. The molecule has 0 aliphatic heterocycles. The molecular formula is C15H19N3O2S. The second kappa shape index (κ2) is 7.26. The smallest absolute Gasteiger partial charge is 0.293 e. The molecule has 0 bridgehead atoms. The van der Waals surface area contributed by atoms with Crippen molar-refractivity contribution in [2.75, 3.05) is 0 Å². The van der Waals surface area contributed by atoms with Crippen LogP contribution in [-0.2, 0) is 6.54 Å². The molecule has 0 aliphatic rings. The molecule has 2 aromatic rings. The minimum Gasteiger partial charge on any atom is -0.293 e. The molecule has 2 rings (SSSR count). The summed E-state index contributed by atoms with van der Waals surface area (Å²) in [6, 6.07) is 9.17. The Balaban J connectivity index is 2.11. The first-order valence-corrected chi connectivity index (χ1v) is 7.92. The minimum absolute atomic E-state index is 0.0399. The Morgan fingerprint density at radius 2 is 2.10 bits per heavy atom. The normalized spacial score (nSPS) is 12.3. The molecule has 5 nitrogen and oxygen atoms in total. The Kier molecular flexibility index (Phi) is 5.38. The third-order valence-corrected chi connectivity index (χ3v) is 4.26. The van der Waals surface area contributed by atoms with Gasteiger partial charge in [-0.15, -0.1) is 5.10 Å². The van der Waals surface area contributed by atoms with E-state index in [1.807, 2.05) is 25.1 Å². The Morgan fingerprint density at radius 1 is 1.38 bits per heavy atom. The van der Waals surface area contributed by atoms with Gasteiger partial charge in [0.1, 0.15) is 0 Å². The molecule has 1 aromatic carbocycles. The first kappa shape index (κ1) is 15.6. The summed E-state index contributed by atoms with van der Waals surface area (Å²) in [6.45, 7) is 4.53. The van der Waals surface area contributed by atoms with E-state index in [-0.39, 0.29) is 16.7 Å². The van der Waals surface area contributed by atoms with Gasteiger partial charge < -0.3 is 0 Å². The van der Waals surface area contributed by atoms with Crippen molar-refractivity contribution >= 4 is 17.5 Å². The number of rotatable bonds is 7. The van der Waals surface area contributed by atoms with E-state index < -0.39 is 0 Å². The van der Waals surface area contributed by atoms with Crippen LogP contribution in [0.2, 0.25) is 0 Å². The second-order valence-electron chi connectivity index (χ2n) is 4.81. The van der Waals surface area contributed by atoms with Gasteiger partial charge >= 0.3 is 5.69 Å². The van der Waals surface area contributed by atoms with Crippen LogP contribution < -0.4 is 5.69 Å². The Labute approximate surface area is 127 Å². The molecule has 0 spiro atoms. The summed E-state index contributed by atoms with van der Waals surface area (Å²) in [6.07, 6.45) is 1.91. The molecule has 6 heteroatoms. The largest absolute Gasteiger partial charge is 0.343 e. The molecule has 0 radical (unpaired) electrons. The molecule has 0 saturated carbocycles. The lowest BCUT2D eigenvalue weighted by Crippen LogP contribution is -2.19. The van der Waals surface area contributed by atoms with Crippen molar-refractivity contribution in [1.82, 2.24) is 14.8 Å².